The fraction of sp³-hybridized carbons (Fsp3) is 0.952. The maximum Gasteiger partial charge on any atom is 0.305 e. The third-order valence-electron chi connectivity index (χ3n) is 5.13. The number of hydrogen-bond acceptors (Lipinski definition) is 3. The first-order valence-electron chi connectivity index (χ1n) is 10.6. The molecule has 2 atom stereocenters. The number of unbranched alkanes of at least 4 members (excludes halogenated alkanes) is 5. The largest absolute Gasteiger partial charge is 0.466 e. The van der Waals surface area contributed by atoms with Crippen LogP contribution in [0, 0.1) is 5.92 Å². The molecule has 24 heavy (non-hydrogen) atoms. The summed E-state index contributed by atoms with van der Waals surface area (Å²) in [5.74, 6) is 0.834. The minimum Gasteiger partial charge on any atom is -0.466 e. The van der Waals surface area contributed by atoms with Crippen LogP contribution in [-0.2, 0) is 9.53 Å². The molecular weight excluding hydrogens is 298 g/mol. The minimum absolute atomic E-state index is 0.0137. The topological polar surface area (TPSA) is 48.2 Å². The van der Waals surface area contributed by atoms with Crippen molar-refractivity contribution >= 4 is 5.97 Å². The van der Waals surface area contributed by atoms with Crippen molar-refractivity contribution in [2.45, 2.75) is 110 Å². The van der Waals surface area contributed by atoms with Crippen LogP contribution >= 0.6 is 0 Å². The SMILES string of the molecule is CCCCCCC(CCCC)CCCC(=O)OCCCCC1CN1. The zero-order valence-corrected chi connectivity index (χ0v) is 16.3. The van der Waals surface area contributed by atoms with Crippen LogP contribution in [0.3, 0.4) is 0 Å². The van der Waals surface area contributed by atoms with Crippen molar-refractivity contribution in [3.63, 3.8) is 0 Å². The van der Waals surface area contributed by atoms with Gasteiger partial charge in [0.25, 0.3) is 0 Å². The maximum atomic E-state index is 11.8. The molecule has 142 valence electrons. The molecule has 1 rings (SSSR count). The highest BCUT2D eigenvalue weighted by Gasteiger charge is 2.18. The van der Waals surface area contributed by atoms with Gasteiger partial charge in [-0.25, -0.2) is 0 Å². The van der Waals surface area contributed by atoms with Crippen molar-refractivity contribution in [3.8, 4) is 0 Å². The Morgan fingerprint density at radius 2 is 1.67 bits per heavy atom. The Balaban J connectivity index is 2.00. The van der Waals surface area contributed by atoms with Gasteiger partial charge in [-0.1, -0.05) is 65.2 Å². The second-order valence-corrected chi connectivity index (χ2v) is 7.57. The molecule has 1 aliphatic heterocycles. The summed E-state index contributed by atoms with van der Waals surface area (Å²) in [7, 11) is 0. The average molecular weight is 340 g/mol. The first-order valence-corrected chi connectivity index (χ1v) is 10.6. The Labute approximate surface area is 150 Å². The second kappa shape index (κ2) is 14.7. The van der Waals surface area contributed by atoms with Crippen LogP contribution < -0.4 is 5.32 Å². The summed E-state index contributed by atoms with van der Waals surface area (Å²) in [6, 6.07) is 0.748. The van der Waals surface area contributed by atoms with E-state index >= 15 is 0 Å². The number of carbonyl (C=O) groups excluding carboxylic acids is 1. The van der Waals surface area contributed by atoms with Gasteiger partial charge in [0.2, 0.25) is 0 Å². The lowest BCUT2D eigenvalue weighted by Gasteiger charge is -2.16. The first-order chi connectivity index (χ1) is 11.8. The van der Waals surface area contributed by atoms with E-state index in [4.69, 9.17) is 4.74 Å². The zero-order chi connectivity index (χ0) is 17.5. The van der Waals surface area contributed by atoms with Crippen LogP contribution in [0.2, 0.25) is 0 Å². The summed E-state index contributed by atoms with van der Waals surface area (Å²) in [6.07, 6.45) is 17.0. The molecule has 1 saturated heterocycles. The molecular formula is C21H41NO2. The van der Waals surface area contributed by atoms with Crippen LogP contribution in [0.25, 0.3) is 0 Å². The molecule has 0 aliphatic carbocycles. The average Bonchev–Trinajstić information content (AvgIpc) is 3.40. The van der Waals surface area contributed by atoms with E-state index < -0.39 is 0 Å². The highest BCUT2D eigenvalue weighted by atomic mass is 16.5. The molecule has 3 heteroatoms. The smallest absolute Gasteiger partial charge is 0.305 e. The second-order valence-electron chi connectivity index (χ2n) is 7.57. The van der Waals surface area contributed by atoms with E-state index in [2.05, 4.69) is 19.2 Å². The summed E-state index contributed by atoms with van der Waals surface area (Å²) >= 11 is 0. The van der Waals surface area contributed by atoms with E-state index in [9.17, 15) is 4.79 Å². The number of esters is 1. The molecule has 0 aromatic carbocycles. The molecule has 0 aromatic heterocycles. The third-order valence-corrected chi connectivity index (χ3v) is 5.13. The van der Waals surface area contributed by atoms with E-state index in [1.807, 2.05) is 0 Å². The van der Waals surface area contributed by atoms with Gasteiger partial charge in [0.1, 0.15) is 0 Å². The molecule has 1 fully saturated rings. The molecule has 0 bridgehead atoms. The van der Waals surface area contributed by atoms with Crippen molar-refractivity contribution in [2.75, 3.05) is 13.2 Å². The Morgan fingerprint density at radius 1 is 0.958 bits per heavy atom. The molecule has 1 heterocycles. The van der Waals surface area contributed by atoms with E-state index in [1.165, 1.54) is 77.2 Å². The molecule has 0 amide bonds. The van der Waals surface area contributed by atoms with Gasteiger partial charge in [-0.05, 0) is 38.0 Å². The van der Waals surface area contributed by atoms with Crippen LogP contribution in [0.5, 0.6) is 0 Å². The lowest BCUT2D eigenvalue weighted by molar-refractivity contribution is -0.143. The van der Waals surface area contributed by atoms with Gasteiger partial charge < -0.3 is 10.1 Å². The standard InChI is InChI=1S/C21H41NO2/c1-3-5-7-8-13-19(12-6-4-2)14-11-16-21(23)24-17-10-9-15-20-18-22-20/h19-20,22H,3-18H2,1-2H3. The minimum atomic E-state index is 0.0137. The number of nitrogens with one attached hydrogen (secondary N) is 1. The van der Waals surface area contributed by atoms with Crippen LogP contribution in [0.1, 0.15) is 104 Å². The molecule has 0 aromatic rings. The van der Waals surface area contributed by atoms with E-state index in [1.54, 1.807) is 0 Å². The van der Waals surface area contributed by atoms with Crippen molar-refractivity contribution in [3.05, 3.63) is 0 Å². The highest BCUT2D eigenvalue weighted by Crippen LogP contribution is 2.23. The van der Waals surface area contributed by atoms with Crippen molar-refractivity contribution in [2.24, 2.45) is 5.92 Å². The van der Waals surface area contributed by atoms with Crippen molar-refractivity contribution in [1.82, 2.24) is 5.32 Å². The summed E-state index contributed by atoms with van der Waals surface area (Å²) in [4.78, 5) is 11.8. The first kappa shape index (κ1) is 21.5. The normalized spacial score (nSPS) is 17.7. The molecule has 1 N–H and O–H groups in total. The van der Waals surface area contributed by atoms with Gasteiger partial charge in [0.05, 0.1) is 6.61 Å². The van der Waals surface area contributed by atoms with E-state index in [0.717, 1.165) is 24.8 Å². The lowest BCUT2D eigenvalue weighted by atomic mass is 9.90. The van der Waals surface area contributed by atoms with Crippen LogP contribution in [-0.4, -0.2) is 25.2 Å². The van der Waals surface area contributed by atoms with Crippen LogP contribution in [0.15, 0.2) is 0 Å². The Hall–Kier alpha value is -0.570. The number of ether oxygens (including phenoxy) is 1. The summed E-state index contributed by atoms with van der Waals surface area (Å²) < 4.78 is 5.36. The fourth-order valence-electron chi connectivity index (χ4n) is 3.36. The van der Waals surface area contributed by atoms with Gasteiger partial charge in [0.15, 0.2) is 0 Å². The predicted molar refractivity (Wildman–Crippen MR) is 102 cm³/mol. The number of carbonyl (C=O) groups is 1. The molecule has 1 aliphatic rings. The van der Waals surface area contributed by atoms with Gasteiger partial charge in [-0.3, -0.25) is 4.79 Å². The Kier molecular flexibility index (Phi) is 13.2. The fourth-order valence-corrected chi connectivity index (χ4v) is 3.36. The quantitative estimate of drug-likeness (QED) is 0.212. The van der Waals surface area contributed by atoms with Gasteiger partial charge in [0, 0.05) is 19.0 Å². The molecule has 0 radical (unpaired) electrons. The zero-order valence-electron chi connectivity index (χ0n) is 16.3. The Morgan fingerprint density at radius 3 is 2.38 bits per heavy atom. The summed E-state index contributed by atoms with van der Waals surface area (Å²) in [5, 5.41) is 3.30. The summed E-state index contributed by atoms with van der Waals surface area (Å²) in [5.41, 5.74) is 0. The van der Waals surface area contributed by atoms with E-state index in [-0.39, 0.29) is 5.97 Å². The predicted octanol–water partition coefficient (Wildman–Crippen LogP) is 5.62. The van der Waals surface area contributed by atoms with Gasteiger partial charge in [-0.15, -0.1) is 0 Å². The van der Waals surface area contributed by atoms with Crippen molar-refractivity contribution < 1.29 is 9.53 Å². The van der Waals surface area contributed by atoms with Gasteiger partial charge in [-0.2, -0.15) is 0 Å². The molecule has 3 nitrogen and oxygen atoms in total. The van der Waals surface area contributed by atoms with Crippen molar-refractivity contribution in [1.29, 1.82) is 0 Å². The lowest BCUT2D eigenvalue weighted by Crippen LogP contribution is -2.08. The number of rotatable bonds is 17. The third kappa shape index (κ3) is 12.8. The maximum absolute atomic E-state index is 11.8. The summed E-state index contributed by atoms with van der Waals surface area (Å²) in [6.45, 7) is 6.33. The van der Waals surface area contributed by atoms with Gasteiger partial charge >= 0.3 is 5.97 Å². The molecule has 0 spiro atoms. The van der Waals surface area contributed by atoms with Crippen LogP contribution in [0.4, 0.5) is 0 Å². The molecule has 0 saturated carbocycles. The number of hydrogen-bond donors (Lipinski definition) is 1. The monoisotopic (exact) mass is 339 g/mol. The van der Waals surface area contributed by atoms with E-state index in [0.29, 0.717) is 13.0 Å². The molecule has 2 unspecified atom stereocenters. The highest BCUT2D eigenvalue weighted by molar-refractivity contribution is 5.69. The Bertz CT molecular complexity index is 302.